The second-order valence-corrected chi connectivity index (χ2v) is 5.82. The van der Waals surface area contributed by atoms with E-state index in [1.165, 1.54) is 11.1 Å². The van der Waals surface area contributed by atoms with Crippen molar-refractivity contribution in [3.8, 4) is 0 Å². The van der Waals surface area contributed by atoms with Crippen LogP contribution < -0.4 is 4.90 Å². The molecule has 0 amide bonds. The lowest BCUT2D eigenvalue weighted by molar-refractivity contribution is -0.140. The Hall–Kier alpha value is -2.29. The molecule has 0 aliphatic rings. The molecule has 116 valence electrons. The third-order valence-corrected chi connectivity index (χ3v) is 3.97. The van der Waals surface area contributed by atoms with E-state index in [2.05, 4.69) is 43.0 Å². The van der Waals surface area contributed by atoms with Gasteiger partial charge in [-0.2, -0.15) is 0 Å². The van der Waals surface area contributed by atoms with Crippen LogP contribution in [0.25, 0.3) is 0 Å². The normalized spacial score (nSPS) is 13.4. The quantitative estimate of drug-likeness (QED) is 0.865. The highest BCUT2D eigenvalue weighted by Crippen LogP contribution is 2.28. The van der Waals surface area contributed by atoms with Gasteiger partial charge in [0.25, 0.3) is 0 Å². The lowest BCUT2D eigenvalue weighted by Gasteiger charge is -2.33. The minimum Gasteiger partial charge on any atom is -0.481 e. The number of carboxylic acid groups (broad SMARTS) is 1. The van der Waals surface area contributed by atoms with E-state index in [0.717, 1.165) is 5.69 Å². The molecular formula is C19H23NO2. The minimum atomic E-state index is -0.766. The van der Waals surface area contributed by atoms with Crippen LogP contribution in [-0.2, 0) is 4.79 Å². The van der Waals surface area contributed by atoms with E-state index in [-0.39, 0.29) is 6.04 Å². The van der Waals surface area contributed by atoms with Crippen molar-refractivity contribution in [1.82, 2.24) is 0 Å². The summed E-state index contributed by atoms with van der Waals surface area (Å²) in [5.41, 5.74) is 3.41. The van der Waals surface area contributed by atoms with Crippen LogP contribution in [-0.4, -0.2) is 17.6 Å². The Bertz CT molecular complexity index is 624. The molecule has 0 saturated carbocycles. The molecular weight excluding hydrogens is 274 g/mol. The van der Waals surface area contributed by atoms with Gasteiger partial charge in [0.05, 0.1) is 12.0 Å². The number of benzene rings is 2. The summed E-state index contributed by atoms with van der Waals surface area (Å²) in [6.07, 6.45) is 0. The number of anilines is 1. The van der Waals surface area contributed by atoms with Gasteiger partial charge in [0.1, 0.15) is 0 Å². The van der Waals surface area contributed by atoms with E-state index >= 15 is 0 Å². The lowest BCUT2D eigenvalue weighted by atomic mass is 10.0. The number of aliphatic carboxylic acids is 1. The fourth-order valence-electron chi connectivity index (χ4n) is 2.58. The average molecular weight is 297 g/mol. The van der Waals surface area contributed by atoms with Crippen molar-refractivity contribution in [2.24, 2.45) is 5.92 Å². The van der Waals surface area contributed by atoms with Crippen LogP contribution >= 0.6 is 0 Å². The van der Waals surface area contributed by atoms with Gasteiger partial charge < -0.3 is 10.0 Å². The van der Waals surface area contributed by atoms with E-state index in [9.17, 15) is 9.90 Å². The maximum Gasteiger partial charge on any atom is 0.308 e. The maximum atomic E-state index is 11.3. The number of carboxylic acids is 1. The first-order valence-corrected chi connectivity index (χ1v) is 7.60. The molecule has 0 aromatic heterocycles. The molecule has 0 heterocycles. The molecule has 3 nitrogen and oxygen atoms in total. The molecule has 0 aliphatic heterocycles. The zero-order chi connectivity index (χ0) is 16.1. The molecule has 2 unspecified atom stereocenters. The highest BCUT2D eigenvalue weighted by atomic mass is 16.4. The first-order valence-electron chi connectivity index (χ1n) is 7.60. The third-order valence-electron chi connectivity index (χ3n) is 3.97. The lowest BCUT2D eigenvalue weighted by Crippen LogP contribution is -2.34. The van der Waals surface area contributed by atoms with Gasteiger partial charge in [-0.3, -0.25) is 4.79 Å². The summed E-state index contributed by atoms with van der Waals surface area (Å²) >= 11 is 0. The predicted octanol–water partition coefficient (Wildman–Crippen LogP) is 4.28. The first kappa shape index (κ1) is 16.1. The Labute approximate surface area is 132 Å². The smallest absolute Gasteiger partial charge is 0.308 e. The van der Waals surface area contributed by atoms with Crippen molar-refractivity contribution in [3.63, 3.8) is 0 Å². The molecule has 1 N–H and O–H groups in total. The molecule has 2 aromatic carbocycles. The van der Waals surface area contributed by atoms with Crippen LogP contribution in [0.2, 0.25) is 0 Å². The van der Waals surface area contributed by atoms with Gasteiger partial charge in [-0.25, -0.2) is 0 Å². The molecule has 0 bridgehead atoms. The molecule has 2 aromatic rings. The van der Waals surface area contributed by atoms with Crippen LogP contribution in [0.3, 0.4) is 0 Å². The highest BCUT2D eigenvalue weighted by molar-refractivity contribution is 5.70. The number of nitrogens with zero attached hydrogens (tertiary/aromatic N) is 1. The van der Waals surface area contributed by atoms with E-state index in [0.29, 0.717) is 6.54 Å². The topological polar surface area (TPSA) is 40.5 Å². The largest absolute Gasteiger partial charge is 0.481 e. The van der Waals surface area contributed by atoms with Crippen LogP contribution in [0.15, 0.2) is 54.6 Å². The Kier molecular flexibility index (Phi) is 5.21. The summed E-state index contributed by atoms with van der Waals surface area (Å²) in [6, 6.07) is 18.5. The number of hydrogen-bond acceptors (Lipinski definition) is 2. The zero-order valence-electron chi connectivity index (χ0n) is 13.4. The summed E-state index contributed by atoms with van der Waals surface area (Å²) < 4.78 is 0. The monoisotopic (exact) mass is 297 g/mol. The molecule has 0 saturated heterocycles. The summed E-state index contributed by atoms with van der Waals surface area (Å²) in [4.78, 5) is 13.4. The SMILES string of the molecule is Cc1cccc(N(CC(C)C(=O)O)C(C)c2ccccc2)c1. The number of rotatable bonds is 6. The fraction of sp³-hybridized carbons (Fsp3) is 0.316. The predicted molar refractivity (Wildman–Crippen MR) is 90.2 cm³/mol. The molecule has 2 rings (SSSR count). The van der Waals surface area contributed by atoms with Gasteiger partial charge in [-0.05, 0) is 37.1 Å². The van der Waals surface area contributed by atoms with Gasteiger partial charge in [0.15, 0.2) is 0 Å². The molecule has 0 spiro atoms. The van der Waals surface area contributed by atoms with Crippen molar-refractivity contribution in [2.75, 3.05) is 11.4 Å². The number of hydrogen-bond donors (Lipinski definition) is 1. The van der Waals surface area contributed by atoms with Crippen molar-refractivity contribution in [3.05, 3.63) is 65.7 Å². The maximum absolute atomic E-state index is 11.3. The summed E-state index contributed by atoms with van der Waals surface area (Å²) in [7, 11) is 0. The molecule has 0 aliphatic carbocycles. The Morgan fingerprint density at radius 3 is 2.36 bits per heavy atom. The second kappa shape index (κ2) is 7.12. The minimum absolute atomic E-state index is 0.116. The van der Waals surface area contributed by atoms with E-state index in [1.807, 2.05) is 30.3 Å². The number of aryl methyl sites for hydroxylation is 1. The van der Waals surface area contributed by atoms with Gasteiger partial charge in [0, 0.05) is 12.2 Å². The van der Waals surface area contributed by atoms with Crippen molar-refractivity contribution in [2.45, 2.75) is 26.8 Å². The summed E-state index contributed by atoms with van der Waals surface area (Å²) in [6.45, 7) is 6.40. The second-order valence-electron chi connectivity index (χ2n) is 5.82. The standard InChI is InChI=1S/C19H23NO2/c1-14-8-7-11-18(12-14)20(13-15(2)19(21)22)16(3)17-9-5-4-6-10-17/h4-12,15-16H,13H2,1-3H3,(H,21,22). The van der Waals surface area contributed by atoms with Crippen LogP contribution in [0.5, 0.6) is 0 Å². The van der Waals surface area contributed by atoms with Crippen molar-refractivity contribution >= 4 is 11.7 Å². The summed E-state index contributed by atoms with van der Waals surface area (Å²) in [5.74, 6) is -1.19. The molecule has 0 fully saturated rings. The van der Waals surface area contributed by atoms with Gasteiger partial charge >= 0.3 is 5.97 Å². The van der Waals surface area contributed by atoms with Crippen molar-refractivity contribution < 1.29 is 9.90 Å². The fourth-order valence-corrected chi connectivity index (χ4v) is 2.58. The molecule has 3 heteroatoms. The first-order chi connectivity index (χ1) is 10.5. The Morgan fingerprint density at radius 1 is 1.09 bits per heavy atom. The third kappa shape index (κ3) is 3.88. The Morgan fingerprint density at radius 2 is 1.77 bits per heavy atom. The van der Waals surface area contributed by atoms with Gasteiger partial charge in [-0.1, -0.05) is 49.4 Å². The molecule has 0 radical (unpaired) electrons. The van der Waals surface area contributed by atoms with Crippen LogP contribution in [0.1, 0.15) is 31.0 Å². The van der Waals surface area contributed by atoms with Crippen LogP contribution in [0, 0.1) is 12.8 Å². The molecule has 22 heavy (non-hydrogen) atoms. The zero-order valence-corrected chi connectivity index (χ0v) is 13.4. The molecule has 2 atom stereocenters. The number of carbonyl (C=O) groups is 1. The van der Waals surface area contributed by atoms with Gasteiger partial charge in [0.2, 0.25) is 0 Å². The van der Waals surface area contributed by atoms with E-state index < -0.39 is 11.9 Å². The Balaban J connectivity index is 2.34. The van der Waals surface area contributed by atoms with Crippen LogP contribution in [0.4, 0.5) is 5.69 Å². The van der Waals surface area contributed by atoms with Crippen molar-refractivity contribution in [1.29, 1.82) is 0 Å². The average Bonchev–Trinajstić information content (AvgIpc) is 2.52. The van der Waals surface area contributed by atoms with Gasteiger partial charge in [-0.15, -0.1) is 0 Å². The van der Waals surface area contributed by atoms with E-state index in [4.69, 9.17) is 0 Å². The van der Waals surface area contributed by atoms with E-state index in [1.54, 1.807) is 6.92 Å². The summed E-state index contributed by atoms with van der Waals surface area (Å²) in [5, 5.41) is 9.26. The highest BCUT2D eigenvalue weighted by Gasteiger charge is 2.22.